The number of aryl methyl sites for hydroxylation is 1. The van der Waals surface area contributed by atoms with Crippen LogP contribution in [0.4, 0.5) is 0 Å². The van der Waals surface area contributed by atoms with Crippen LogP contribution in [0.25, 0.3) is 11.3 Å². The molecular formula is C23H28N6O. The monoisotopic (exact) mass is 404 g/mol. The Morgan fingerprint density at radius 1 is 1.03 bits per heavy atom. The van der Waals surface area contributed by atoms with Crippen molar-refractivity contribution in [2.24, 2.45) is 12.0 Å². The van der Waals surface area contributed by atoms with Gasteiger partial charge in [0.05, 0.1) is 18.8 Å². The number of benzene rings is 2. The maximum absolute atomic E-state index is 12.0. The molecule has 0 unspecified atom stereocenters. The summed E-state index contributed by atoms with van der Waals surface area (Å²) in [4.78, 5) is 18.2. The molecule has 0 radical (unpaired) electrons. The summed E-state index contributed by atoms with van der Waals surface area (Å²) in [6, 6.07) is 20.1. The van der Waals surface area contributed by atoms with Gasteiger partial charge in [0.2, 0.25) is 5.91 Å². The average Bonchev–Trinajstić information content (AvgIpc) is 3.14. The van der Waals surface area contributed by atoms with Gasteiger partial charge in [0.1, 0.15) is 0 Å². The minimum Gasteiger partial charge on any atom is -0.352 e. The quantitative estimate of drug-likeness (QED) is 0.468. The van der Waals surface area contributed by atoms with E-state index in [1.54, 1.807) is 19.0 Å². The van der Waals surface area contributed by atoms with Gasteiger partial charge in [-0.1, -0.05) is 60.7 Å². The van der Waals surface area contributed by atoms with E-state index in [-0.39, 0.29) is 12.5 Å². The number of likely N-dealkylation sites (N-methyl/N-ethyl adjacent to an activating group) is 1. The van der Waals surface area contributed by atoms with E-state index in [4.69, 9.17) is 0 Å². The maximum atomic E-state index is 12.0. The van der Waals surface area contributed by atoms with E-state index in [0.717, 1.165) is 22.4 Å². The van der Waals surface area contributed by atoms with E-state index in [0.29, 0.717) is 19.0 Å². The van der Waals surface area contributed by atoms with Gasteiger partial charge < -0.3 is 15.5 Å². The molecule has 0 spiro atoms. The predicted molar refractivity (Wildman–Crippen MR) is 120 cm³/mol. The van der Waals surface area contributed by atoms with Crippen molar-refractivity contribution in [3.63, 3.8) is 0 Å². The molecule has 0 aliphatic rings. The summed E-state index contributed by atoms with van der Waals surface area (Å²) in [5.74, 6) is 0.562. The highest BCUT2D eigenvalue weighted by molar-refractivity contribution is 5.86. The topological polar surface area (TPSA) is 74.6 Å². The highest BCUT2D eigenvalue weighted by Crippen LogP contribution is 2.21. The number of aromatic nitrogens is 2. The maximum Gasteiger partial charge on any atom is 0.241 e. The normalized spacial score (nSPS) is 11.2. The molecule has 1 heterocycles. The Kier molecular flexibility index (Phi) is 7.21. The molecular weight excluding hydrogens is 376 g/mol. The third-order valence-corrected chi connectivity index (χ3v) is 4.57. The van der Waals surface area contributed by atoms with Crippen LogP contribution in [-0.4, -0.2) is 47.2 Å². The summed E-state index contributed by atoms with van der Waals surface area (Å²) >= 11 is 0. The number of carbonyl (C=O) groups excluding carboxylic acids is 1. The minimum absolute atomic E-state index is 0.0180. The van der Waals surface area contributed by atoms with E-state index >= 15 is 0 Å². The second-order valence-corrected chi connectivity index (χ2v) is 7.19. The Morgan fingerprint density at radius 2 is 1.70 bits per heavy atom. The first-order valence-corrected chi connectivity index (χ1v) is 9.87. The van der Waals surface area contributed by atoms with E-state index in [9.17, 15) is 4.79 Å². The van der Waals surface area contributed by atoms with Crippen LogP contribution in [0.5, 0.6) is 0 Å². The summed E-state index contributed by atoms with van der Waals surface area (Å²) in [6.07, 6.45) is 2.00. The smallest absolute Gasteiger partial charge is 0.241 e. The molecule has 7 heteroatoms. The van der Waals surface area contributed by atoms with Gasteiger partial charge in [0.15, 0.2) is 5.96 Å². The molecule has 7 nitrogen and oxygen atoms in total. The number of amides is 1. The van der Waals surface area contributed by atoms with Crippen LogP contribution in [0.15, 0.2) is 71.9 Å². The molecule has 0 saturated carbocycles. The highest BCUT2D eigenvalue weighted by atomic mass is 16.2. The molecule has 30 heavy (non-hydrogen) atoms. The molecule has 0 aliphatic carbocycles. The molecule has 0 saturated heterocycles. The number of hydrogen-bond donors (Lipinski definition) is 2. The van der Waals surface area contributed by atoms with Gasteiger partial charge in [-0.05, 0) is 5.56 Å². The first-order chi connectivity index (χ1) is 14.5. The van der Waals surface area contributed by atoms with Crippen molar-refractivity contribution >= 4 is 11.9 Å². The molecule has 1 aromatic heterocycles. The number of carbonyl (C=O) groups is 1. The molecule has 1 amide bonds. The Bertz CT molecular complexity index is 979. The molecule has 2 aromatic carbocycles. The molecule has 0 atom stereocenters. The number of aliphatic imine (C=N–C) groups is 1. The van der Waals surface area contributed by atoms with Crippen molar-refractivity contribution in [2.45, 2.75) is 13.1 Å². The van der Waals surface area contributed by atoms with Crippen LogP contribution < -0.4 is 10.6 Å². The number of rotatable bonds is 7. The lowest BCUT2D eigenvalue weighted by Gasteiger charge is -2.15. The summed E-state index contributed by atoms with van der Waals surface area (Å²) < 4.78 is 1.81. The average molecular weight is 405 g/mol. The van der Waals surface area contributed by atoms with Crippen molar-refractivity contribution in [2.75, 3.05) is 20.6 Å². The van der Waals surface area contributed by atoms with Crippen molar-refractivity contribution in [3.05, 3.63) is 78.0 Å². The fraction of sp³-hybridized carbons (Fsp3) is 0.261. The van der Waals surface area contributed by atoms with Crippen LogP contribution in [0.1, 0.15) is 11.1 Å². The van der Waals surface area contributed by atoms with Crippen LogP contribution in [0, 0.1) is 0 Å². The molecule has 3 rings (SSSR count). The zero-order valence-electron chi connectivity index (χ0n) is 17.7. The fourth-order valence-electron chi connectivity index (χ4n) is 2.93. The molecule has 0 bridgehead atoms. The number of nitrogens with one attached hydrogen (secondary N) is 2. The predicted octanol–water partition coefficient (Wildman–Crippen LogP) is 2.41. The molecule has 2 N–H and O–H groups in total. The van der Waals surface area contributed by atoms with Crippen LogP contribution in [0.3, 0.4) is 0 Å². The van der Waals surface area contributed by atoms with Crippen LogP contribution in [0.2, 0.25) is 0 Å². The summed E-state index contributed by atoms with van der Waals surface area (Å²) in [5.41, 5.74) is 4.14. The molecule has 156 valence electrons. The van der Waals surface area contributed by atoms with Gasteiger partial charge in [-0.2, -0.15) is 5.10 Å². The van der Waals surface area contributed by atoms with Crippen molar-refractivity contribution in [1.29, 1.82) is 0 Å². The third kappa shape index (κ3) is 5.94. The zero-order valence-corrected chi connectivity index (χ0v) is 17.7. The van der Waals surface area contributed by atoms with Gasteiger partial charge in [0, 0.05) is 45.0 Å². The fourth-order valence-corrected chi connectivity index (χ4v) is 2.93. The van der Waals surface area contributed by atoms with E-state index in [1.807, 2.05) is 78.6 Å². The van der Waals surface area contributed by atoms with Gasteiger partial charge in [-0.15, -0.1) is 0 Å². The third-order valence-electron chi connectivity index (χ3n) is 4.57. The van der Waals surface area contributed by atoms with Crippen molar-refractivity contribution in [3.8, 4) is 11.3 Å². The first-order valence-electron chi connectivity index (χ1n) is 9.87. The Balaban J connectivity index is 1.74. The summed E-state index contributed by atoms with van der Waals surface area (Å²) in [7, 11) is 5.38. The SMILES string of the molecule is CN(C)C(=O)CNC(=NCc1ccccc1)NCc1cn(C)nc1-c1ccccc1. The highest BCUT2D eigenvalue weighted by Gasteiger charge is 2.11. The van der Waals surface area contributed by atoms with Crippen LogP contribution in [-0.2, 0) is 24.9 Å². The van der Waals surface area contributed by atoms with Gasteiger partial charge in [-0.25, -0.2) is 4.99 Å². The largest absolute Gasteiger partial charge is 0.352 e. The molecule has 3 aromatic rings. The lowest BCUT2D eigenvalue weighted by molar-refractivity contribution is -0.127. The summed E-state index contributed by atoms with van der Waals surface area (Å²) in [6.45, 7) is 1.23. The Morgan fingerprint density at radius 3 is 2.37 bits per heavy atom. The number of nitrogens with zero attached hydrogens (tertiary/aromatic N) is 4. The lowest BCUT2D eigenvalue weighted by Crippen LogP contribution is -2.42. The number of guanidine groups is 1. The van der Waals surface area contributed by atoms with Gasteiger partial charge in [0.25, 0.3) is 0 Å². The van der Waals surface area contributed by atoms with E-state index in [2.05, 4.69) is 20.7 Å². The standard InChI is InChI=1S/C23H28N6O/c1-28(2)21(30)16-26-23(24-14-18-10-6-4-7-11-18)25-15-20-17-29(3)27-22(20)19-12-8-5-9-13-19/h4-13,17H,14-16H2,1-3H3,(H2,24,25,26). The Labute approximate surface area is 177 Å². The zero-order chi connectivity index (χ0) is 21.3. The summed E-state index contributed by atoms with van der Waals surface area (Å²) in [5, 5.41) is 11.1. The van der Waals surface area contributed by atoms with E-state index < -0.39 is 0 Å². The lowest BCUT2D eigenvalue weighted by atomic mass is 10.1. The van der Waals surface area contributed by atoms with Crippen molar-refractivity contribution < 1.29 is 4.79 Å². The molecule has 0 aliphatic heterocycles. The van der Waals surface area contributed by atoms with Gasteiger partial charge in [-0.3, -0.25) is 9.48 Å². The molecule has 0 fully saturated rings. The first kappa shape index (κ1) is 21.1. The Hall–Kier alpha value is -3.61. The van der Waals surface area contributed by atoms with E-state index in [1.165, 1.54) is 0 Å². The second-order valence-electron chi connectivity index (χ2n) is 7.19. The number of hydrogen-bond acceptors (Lipinski definition) is 3. The van der Waals surface area contributed by atoms with Gasteiger partial charge >= 0.3 is 0 Å². The minimum atomic E-state index is -0.0180. The second kappa shape index (κ2) is 10.2. The van der Waals surface area contributed by atoms with Crippen LogP contribution >= 0.6 is 0 Å². The van der Waals surface area contributed by atoms with Crippen molar-refractivity contribution in [1.82, 2.24) is 25.3 Å².